The molecule has 22 heavy (non-hydrogen) atoms. The summed E-state index contributed by atoms with van der Waals surface area (Å²) in [6.45, 7) is 0.799. The maximum Gasteiger partial charge on any atom is 0.244 e. The van der Waals surface area contributed by atoms with Gasteiger partial charge in [0.1, 0.15) is 12.3 Å². The summed E-state index contributed by atoms with van der Waals surface area (Å²) < 4.78 is 5.27. The zero-order chi connectivity index (χ0) is 15.5. The zero-order valence-corrected chi connectivity index (χ0v) is 12.3. The number of benzene rings is 1. The van der Waals surface area contributed by atoms with Crippen LogP contribution in [0.15, 0.2) is 47.1 Å². The van der Waals surface area contributed by atoms with Gasteiger partial charge in [0.05, 0.1) is 30.7 Å². The predicted octanol–water partition coefficient (Wildman–Crippen LogP) is 1.70. The standard InChI is InChI=1S/C16H17N3O3/c1-18(9-12-5-4-8-22-12)11-16(21)19-10-15(20)17-13-6-2-3-7-14(13)19/h2-8H,9-11H2,1H3,(H,17,20). The molecule has 1 aromatic heterocycles. The van der Waals surface area contributed by atoms with E-state index in [4.69, 9.17) is 4.42 Å². The largest absolute Gasteiger partial charge is 0.468 e. The zero-order valence-electron chi connectivity index (χ0n) is 12.3. The Morgan fingerprint density at radius 3 is 2.91 bits per heavy atom. The van der Waals surface area contributed by atoms with Crippen LogP contribution in [0.5, 0.6) is 0 Å². The second-order valence-electron chi connectivity index (χ2n) is 5.30. The second kappa shape index (κ2) is 6.03. The fraction of sp³-hybridized carbons (Fsp3) is 0.250. The molecule has 3 rings (SSSR count). The first kappa shape index (κ1) is 14.3. The normalized spacial score (nSPS) is 13.9. The smallest absolute Gasteiger partial charge is 0.244 e. The minimum absolute atomic E-state index is 0.0461. The van der Waals surface area contributed by atoms with Crippen molar-refractivity contribution in [1.82, 2.24) is 4.90 Å². The first-order chi connectivity index (χ1) is 10.6. The molecule has 0 unspecified atom stereocenters. The van der Waals surface area contributed by atoms with Crippen molar-refractivity contribution in [2.45, 2.75) is 6.54 Å². The van der Waals surface area contributed by atoms with E-state index in [1.807, 2.05) is 42.3 Å². The van der Waals surface area contributed by atoms with Gasteiger partial charge in [-0.2, -0.15) is 0 Å². The molecule has 0 bridgehead atoms. The summed E-state index contributed by atoms with van der Waals surface area (Å²) in [5, 5.41) is 2.77. The number of likely N-dealkylation sites (N-methyl/N-ethyl adjacent to an activating group) is 1. The van der Waals surface area contributed by atoms with Gasteiger partial charge in [-0.05, 0) is 31.3 Å². The van der Waals surface area contributed by atoms with Gasteiger partial charge in [-0.1, -0.05) is 12.1 Å². The third kappa shape index (κ3) is 3.01. The van der Waals surface area contributed by atoms with E-state index in [1.54, 1.807) is 12.3 Å². The molecular weight excluding hydrogens is 282 g/mol. The molecule has 1 aliphatic heterocycles. The van der Waals surface area contributed by atoms with E-state index in [-0.39, 0.29) is 24.9 Å². The Kier molecular flexibility index (Phi) is 3.93. The lowest BCUT2D eigenvalue weighted by Gasteiger charge is -2.30. The molecule has 1 aromatic carbocycles. The highest BCUT2D eigenvalue weighted by Crippen LogP contribution is 2.28. The molecule has 2 aromatic rings. The molecule has 0 saturated heterocycles. The van der Waals surface area contributed by atoms with Crippen molar-refractivity contribution in [1.29, 1.82) is 0 Å². The molecule has 2 heterocycles. The SMILES string of the molecule is CN(CC(=O)N1CC(=O)Nc2ccccc21)Cc1ccco1. The Labute approximate surface area is 128 Å². The topological polar surface area (TPSA) is 65.8 Å². The van der Waals surface area contributed by atoms with Crippen LogP contribution in [-0.4, -0.2) is 36.9 Å². The number of nitrogens with zero attached hydrogens (tertiary/aromatic N) is 2. The van der Waals surface area contributed by atoms with Crippen LogP contribution in [0.4, 0.5) is 11.4 Å². The maximum atomic E-state index is 12.5. The van der Waals surface area contributed by atoms with Gasteiger partial charge in [0.15, 0.2) is 0 Å². The Morgan fingerprint density at radius 1 is 1.32 bits per heavy atom. The number of fused-ring (bicyclic) bond motifs is 1. The van der Waals surface area contributed by atoms with Gasteiger partial charge >= 0.3 is 0 Å². The predicted molar refractivity (Wildman–Crippen MR) is 82.5 cm³/mol. The number of rotatable bonds is 4. The van der Waals surface area contributed by atoms with Gasteiger partial charge in [-0.15, -0.1) is 0 Å². The van der Waals surface area contributed by atoms with E-state index < -0.39 is 0 Å². The van der Waals surface area contributed by atoms with Gasteiger partial charge in [-0.25, -0.2) is 0 Å². The van der Waals surface area contributed by atoms with E-state index in [0.29, 0.717) is 12.2 Å². The van der Waals surface area contributed by atoms with Crippen LogP contribution >= 0.6 is 0 Å². The molecule has 1 aliphatic rings. The number of para-hydroxylation sites is 2. The molecule has 0 aliphatic carbocycles. The summed E-state index contributed by atoms with van der Waals surface area (Å²) in [7, 11) is 1.84. The molecule has 114 valence electrons. The minimum Gasteiger partial charge on any atom is -0.468 e. The Morgan fingerprint density at radius 2 is 2.14 bits per heavy atom. The highest BCUT2D eigenvalue weighted by Gasteiger charge is 2.27. The fourth-order valence-corrected chi connectivity index (χ4v) is 2.50. The maximum absolute atomic E-state index is 12.5. The third-order valence-corrected chi connectivity index (χ3v) is 3.48. The van der Waals surface area contributed by atoms with Gasteiger partial charge < -0.3 is 9.73 Å². The molecule has 6 heteroatoms. The number of furan rings is 1. The van der Waals surface area contributed by atoms with Crippen molar-refractivity contribution in [3.8, 4) is 0 Å². The van der Waals surface area contributed by atoms with Crippen molar-refractivity contribution >= 4 is 23.2 Å². The molecule has 0 atom stereocenters. The van der Waals surface area contributed by atoms with Gasteiger partial charge in [0.2, 0.25) is 11.8 Å². The van der Waals surface area contributed by atoms with E-state index in [0.717, 1.165) is 11.4 Å². The number of carbonyl (C=O) groups is 2. The van der Waals surface area contributed by atoms with Crippen LogP contribution in [0.3, 0.4) is 0 Å². The lowest BCUT2D eigenvalue weighted by molar-refractivity contribution is -0.122. The van der Waals surface area contributed by atoms with Crippen LogP contribution < -0.4 is 10.2 Å². The van der Waals surface area contributed by atoms with Crippen LogP contribution in [0.25, 0.3) is 0 Å². The first-order valence-corrected chi connectivity index (χ1v) is 7.03. The summed E-state index contributed by atoms with van der Waals surface area (Å²) in [5.74, 6) is 0.504. The molecule has 2 amide bonds. The van der Waals surface area contributed by atoms with Gasteiger partial charge in [0, 0.05) is 0 Å². The van der Waals surface area contributed by atoms with Crippen LogP contribution in [-0.2, 0) is 16.1 Å². The van der Waals surface area contributed by atoms with Crippen LogP contribution in [0, 0.1) is 0 Å². The number of hydrogen-bond acceptors (Lipinski definition) is 4. The number of carbonyl (C=O) groups excluding carboxylic acids is 2. The van der Waals surface area contributed by atoms with Crippen molar-refractivity contribution in [2.24, 2.45) is 0 Å². The molecule has 6 nitrogen and oxygen atoms in total. The summed E-state index contributed by atoms with van der Waals surface area (Å²) in [5.41, 5.74) is 1.40. The van der Waals surface area contributed by atoms with E-state index in [1.165, 1.54) is 4.90 Å². The highest BCUT2D eigenvalue weighted by atomic mass is 16.3. The van der Waals surface area contributed by atoms with Gasteiger partial charge in [0.25, 0.3) is 0 Å². The monoisotopic (exact) mass is 299 g/mol. The van der Waals surface area contributed by atoms with E-state index in [9.17, 15) is 9.59 Å². The Bertz CT molecular complexity index is 682. The highest BCUT2D eigenvalue weighted by molar-refractivity contribution is 6.10. The second-order valence-corrected chi connectivity index (χ2v) is 5.30. The first-order valence-electron chi connectivity index (χ1n) is 7.03. The Balaban J connectivity index is 1.71. The summed E-state index contributed by atoms with van der Waals surface area (Å²) in [6.07, 6.45) is 1.61. The molecular formula is C16H17N3O3. The Hall–Kier alpha value is -2.60. The minimum atomic E-state index is -0.180. The quantitative estimate of drug-likeness (QED) is 0.933. The number of nitrogens with one attached hydrogen (secondary N) is 1. The molecule has 0 saturated carbocycles. The van der Waals surface area contributed by atoms with Crippen molar-refractivity contribution in [3.05, 3.63) is 48.4 Å². The molecule has 1 N–H and O–H groups in total. The molecule has 0 radical (unpaired) electrons. The van der Waals surface area contributed by atoms with Crippen LogP contribution in [0.1, 0.15) is 5.76 Å². The number of anilines is 2. The summed E-state index contributed by atoms with van der Waals surface area (Å²) in [6, 6.07) is 11.0. The summed E-state index contributed by atoms with van der Waals surface area (Å²) in [4.78, 5) is 27.6. The fourth-order valence-electron chi connectivity index (χ4n) is 2.50. The lowest BCUT2D eigenvalue weighted by atomic mass is 10.2. The van der Waals surface area contributed by atoms with Crippen molar-refractivity contribution in [2.75, 3.05) is 30.4 Å². The average molecular weight is 299 g/mol. The van der Waals surface area contributed by atoms with E-state index >= 15 is 0 Å². The lowest BCUT2D eigenvalue weighted by Crippen LogP contribution is -2.45. The molecule has 0 fully saturated rings. The number of hydrogen-bond donors (Lipinski definition) is 1. The van der Waals surface area contributed by atoms with Gasteiger partial charge in [-0.3, -0.25) is 19.4 Å². The third-order valence-electron chi connectivity index (χ3n) is 3.48. The van der Waals surface area contributed by atoms with Crippen molar-refractivity contribution < 1.29 is 14.0 Å². The average Bonchev–Trinajstić information content (AvgIpc) is 2.98. The van der Waals surface area contributed by atoms with E-state index in [2.05, 4.69) is 5.32 Å². The van der Waals surface area contributed by atoms with Crippen LogP contribution in [0.2, 0.25) is 0 Å². The molecule has 0 spiro atoms. The van der Waals surface area contributed by atoms with Crippen molar-refractivity contribution in [3.63, 3.8) is 0 Å². The summed E-state index contributed by atoms with van der Waals surface area (Å²) >= 11 is 0. The number of amides is 2.